The van der Waals surface area contributed by atoms with E-state index in [-0.39, 0.29) is 0 Å². The van der Waals surface area contributed by atoms with E-state index < -0.39 is 0 Å². The predicted molar refractivity (Wildman–Crippen MR) is 134 cm³/mol. The fourth-order valence-corrected chi connectivity index (χ4v) is 5.07. The van der Waals surface area contributed by atoms with Gasteiger partial charge in [0.25, 0.3) is 0 Å². The highest BCUT2D eigenvalue weighted by Crippen LogP contribution is 2.35. The van der Waals surface area contributed by atoms with Gasteiger partial charge in [-0.1, -0.05) is 67.9 Å². The second-order valence-electron chi connectivity index (χ2n) is 8.47. The van der Waals surface area contributed by atoms with Gasteiger partial charge in [-0.15, -0.1) is 0 Å². The Morgan fingerprint density at radius 1 is 0.688 bits per heavy atom. The van der Waals surface area contributed by atoms with Gasteiger partial charge in [0.2, 0.25) is 0 Å². The lowest BCUT2D eigenvalue weighted by Crippen LogP contribution is -1.99. The van der Waals surface area contributed by atoms with Crippen LogP contribution in [0.25, 0.3) is 49.3 Å². The quantitative estimate of drug-likeness (QED) is 0.267. The average molecular weight is 417 g/mol. The summed E-state index contributed by atoms with van der Waals surface area (Å²) in [6.07, 6.45) is 3.16. The number of benzene rings is 4. The first-order valence-corrected chi connectivity index (χ1v) is 11.3. The summed E-state index contributed by atoms with van der Waals surface area (Å²) in [4.78, 5) is 11.4. The van der Waals surface area contributed by atoms with E-state index in [1.807, 2.05) is 12.1 Å². The lowest BCUT2D eigenvalue weighted by Gasteiger charge is -2.11. The predicted octanol–water partition coefficient (Wildman–Crippen LogP) is 7.50. The Morgan fingerprint density at radius 2 is 1.28 bits per heavy atom. The summed E-state index contributed by atoms with van der Waals surface area (Å²) >= 11 is 0. The van der Waals surface area contributed by atoms with E-state index in [9.17, 15) is 4.79 Å². The third kappa shape index (κ3) is 2.71. The number of aldehydes is 1. The first-order valence-electron chi connectivity index (χ1n) is 11.3. The Bertz CT molecular complexity index is 1580. The van der Waals surface area contributed by atoms with Crippen LogP contribution in [-0.2, 0) is 6.54 Å². The molecule has 156 valence electrons. The molecule has 0 aliphatic rings. The fraction of sp³-hybridized carbons (Fsp3) is 0.138. The highest BCUT2D eigenvalue weighted by Gasteiger charge is 2.15. The van der Waals surface area contributed by atoms with Gasteiger partial charge in [-0.2, -0.15) is 0 Å². The Morgan fingerprint density at radius 3 is 1.94 bits per heavy atom. The molecule has 0 radical (unpaired) electrons. The molecule has 0 saturated heterocycles. The third-order valence-electron chi connectivity index (χ3n) is 6.58. The number of para-hydroxylation sites is 2. The second-order valence-corrected chi connectivity index (χ2v) is 8.47. The van der Waals surface area contributed by atoms with Crippen molar-refractivity contribution in [1.29, 1.82) is 0 Å². The van der Waals surface area contributed by atoms with Crippen molar-refractivity contribution in [2.45, 2.75) is 26.3 Å². The minimum Gasteiger partial charge on any atom is -0.340 e. The van der Waals surface area contributed by atoms with Crippen molar-refractivity contribution in [1.82, 2.24) is 9.13 Å². The summed E-state index contributed by atoms with van der Waals surface area (Å²) in [7, 11) is 0. The molecule has 3 nitrogen and oxygen atoms in total. The summed E-state index contributed by atoms with van der Waals surface area (Å²) < 4.78 is 4.75. The van der Waals surface area contributed by atoms with E-state index in [1.54, 1.807) is 0 Å². The summed E-state index contributed by atoms with van der Waals surface area (Å²) in [5.74, 6) is 0. The molecule has 0 aliphatic heterocycles. The minimum absolute atomic E-state index is 0.723. The molecule has 3 heteroatoms. The summed E-state index contributed by atoms with van der Waals surface area (Å²) in [6, 6.07) is 30.0. The number of nitrogens with zero attached hydrogens (tertiary/aromatic N) is 2. The molecule has 0 saturated carbocycles. The van der Waals surface area contributed by atoms with E-state index in [2.05, 4.69) is 88.9 Å². The smallest absolute Gasteiger partial charge is 0.150 e. The van der Waals surface area contributed by atoms with Crippen LogP contribution in [0.15, 0.2) is 84.9 Å². The standard InChI is InChI=1S/C29H24N2O/c1-2-3-16-30-28-17-20(19-32)12-14-24(28)25-15-13-21(18-29(25)30)31-26-10-6-4-8-22(26)23-9-5-7-11-27(23)31/h4-15,17-19H,2-3,16H2,1H3. The highest BCUT2D eigenvalue weighted by atomic mass is 16.1. The van der Waals surface area contributed by atoms with Crippen molar-refractivity contribution in [3.63, 3.8) is 0 Å². The zero-order valence-electron chi connectivity index (χ0n) is 18.1. The van der Waals surface area contributed by atoms with Crippen molar-refractivity contribution in [3.05, 3.63) is 90.5 Å². The van der Waals surface area contributed by atoms with Crippen molar-refractivity contribution in [2.24, 2.45) is 0 Å². The van der Waals surface area contributed by atoms with Crippen LogP contribution in [0.5, 0.6) is 0 Å². The Balaban J connectivity index is 1.68. The number of hydrogen-bond acceptors (Lipinski definition) is 1. The monoisotopic (exact) mass is 416 g/mol. The van der Waals surface area contributed by atoms with E-state index in [0.717, 1.165) is 42.4 Å². The first-order chi connectivity index (χ1) is 15.8. The van der Waals surface area contributed by atoms with Gasteiger partial charge < -0.3 is 9.13 Å². The number of carbonyl (C=O) groups excluding carboxylic acids is 1. The highest BCUT2D eigenvalue weighted by molar-refractivity contribution is 6.11. The molecule has 0 N–H and O–H groups in total. The van der Waals surface area contributed by atoms with E-state index in [0.29, 0.717) is 0 Å². The maximum Gasteiger partial charge on any atom is 0.150 e. The lowest BCUT2D eigenvalue weighted by atomic mass is 10.1. The van der Waals surface area contributed by atoms with Crippen LogP contribution in [0.3, 0.4) is 0 Å². The molecule has 4 aromatic carbocycles. The number of aryl methyl sites for hydroxylation is 1. The number of carbonyl (C=O) groups is 1. The molecule has 0 unspecified atom stereocenters. The SMILES string of the molecule is CCCCn1c2cc(C=O)ccc2c2ccc(-n3c4ccccc4c4ccccc43)cc21. The average Bonchev–Trinajstić information content (AvgIpc) is 3.34. The minimum atomic E-state index is 0.723. The number of aromatic nitrogens is 2. The first kappa shape index (κ1) is 18.9. The molecule has 0 bridgehead atoms. The van der Waals surface area contributed by atoms with Gasteiger partial charge >= 0.3 is 0 Å². The number of rotatable bonds is 5. The second kappa shape index (κ2) is 7.38. The molecule has 0 spiro atoms. The van der Waals surface area contributed by atoms with Gasteiger partial charge in [-0.3, -0.25) is 4.79 Å². The normalized spacial score (nSPS) is 11.8. The zero-order valence-corrected chi connectivity index (χ0v) is 18.1. The van der Waals surface area contributed by atoms with Gasteiger partial charge in [0.1, 0.15) is 6.29 Å². The number of fused-ring (bicyclic) bond motifs is 6. The van der Waals surface area contributed by atoms with Crippen molar-refractivity contribution in [2.75, 3.05) is 0 Å². The Hall–Kier alpha value is -3.85. The molecule has 0 amide bonds. The molecule has 0 aliphatic carbocycles. The van der Waals surface area contributed by atoms with Gasteiger partial charge in [-0.05, 0) is 36.8 Å². The molecular formula is C29H24N2O. The van der Waals surface area contributed by atoms with Gasteiger partial charge in [0.05, 0.1) is 16.6 Å². The fourth-order valence-electron chi connectivity index (χ4n) is 5.07. The van der Waals surface area contributed by atoms with Crippen LogP contribution >= 0.6 is 0 Å². The van der Waals surface area contributed by atoms with Gasteiger partial charge in [0, 0.05) is 44.9 Å². The van der Waals surface area contributed by atoms with Crippen molar-refractivity contribution < 1.29 is 4.79 Å². The summed E-state index contributed by atoms with van der Waals surface area (Å²) in [5.41, 5.74) is 6.67. The van der Waals surface area contributed by atoms with Crippen LogP contribution in [0.1, 0.15) is 30.1 Å². The van der Waals surface area contributed by atoms with Crippen LogP contribution in [0, 0.1) is 0 Å². The van der Waals surface area contributed by atoms with Crippen LogP contribution < -0.4 is 0 Å². The maximum absolute atomic E-state index is 11.4. The van der Waals surface area contributed by atoms with Crippen LogP contribution in [0.4, 0.5) is 0 Å². The maximum atomic E-state index is 11.4. The topological polar surface area (TPSA) is 26.9 Å². The third-order valence-corrected chi connectivity index (χ3v) is 6.58. The summed E-state index contributed by atoms with van der Waals surface area (Å²) in [5, 5.41) is 4.98. The number of hydrogen-bond donors (Lipinski definition) is 0. The Labute approximate surface area is 186 Å². The van der Waals surface area contributed by atoms with E-state index >= 15 is 0 Å². The molecule has 6 rings (SSSR count). The van der Waals surface area contributed by atoms with Crippen molar-refractivity contribution >= 4 is 49.9 Å². The number of unbranched alkanes of at least 4 members (excludes halogenated alkanes) is 1. The van der Waals surface area contributed by atoms with Crippen LogP contribution in [-0.4, -0.2) is 15.4 Å². The molecule has 0 fully saturated rings. The molecule has 32 heavy (non-hydrogen) atoms. The molecular weight excluding hydrogens is 392 g/mol. The zero-order chi connectivity index (χ0) is 21.7. The molecule has 6 aromatic rings. The molecule has 2 aromatic heterocycles. The van der Waals surface area contributed by atoms with Crippen molar-refractivity contribution in [3.8, 4) is 5.69 Å². The van der Waals surface area contributed by atoms with Crippen LogP contribution in [0.2, 0.25) is 0 Å². The van der Waals surface area contributed by atoms with Gasteiger partial charge in [-0.25, -0.2) is 0 Å². The summed E-state index contributed by atoms with van der Waals surface area (Å²) in [6.45, 7) is 3.16. The Kier molecular flexibility index (Phi) is 4.36. The molecule has 0 atom stereocenters. The van der Waals surface area contributed by atoms with E-state index in [1.165, 1.54) is 38.1 Å². The van der Waals surface area contributed by atoms with Gasteiger partial charge in [0.15, 0.2) is 0 Å². The molecule has 2 heterocycles. The van der Waals surface area contributed by atoms with E-state index in [4.69, 9.17) is 0 Å². The lowest BCUT2D eigenvalue weighted by molar-refractivity contribution is 0.112. The largest absolute Gasteiger partial charge is 0.340 e.